The number of hydrogen-bond donors (Lipinski definition) is 0. The van der Waals surface area contributed by atoms with Crippen molar-refractivity contribution in [3.8, 4) is 11.1 Å². The average molecular weight is 385 g/mol. The second-order valence-corrected chi connectivity index (χ2v) is 7.83. The van der Waals surface area contributed by atoms with Crippen LogP contribution in [0.2, 0.25) is 0 Å². The van der Waals surface area contributed by atoms with Gasteiger partial charge in [0.25, 0.3) is 0 Å². The summed E-state index contributed by atoms with van der Waals surface area (Å²) in [5.41, 5.74) is 3.08. The summed E-state index contributed by atoms with van der Waals surface area (Å²) in [4.78, 5) is 7.45. The Kier molecular flexibility index (Phi) is 4.19. The van der Waals surface area contributed by atoms with Crippen LogP contribution in [0, 0.1) is 0 Å². The molecule has 1 aliphatic carbocycles. The molecular formula is C22H22F3N3. The molecule has 0 atom stereocenters. The fourth-order valence-electron chi connectivity index (χ4n) is 4.35. The van der Waals surface area contributed by atoms with Gasteiger partial charge in [-0.15, -0.1) is 0 Å². The largest absolute Gasteiger partial charge is 0.416 e. The lowest BCUT2D eigenvalue weighted by Crippen LogP contribution is -2.41. The normalized spacial score (nSPS) is 18.7. The van der Waals surface area contributed by atoms with Crippen molar-refractivity contribution in [2.75, 3.05) is 13.1 Å². The number of halogens is 3. The molecule has 28 heavy (non-hydrogen) atoms. The number of hydrogen-bond acceptors (Lipinski definition) is 2. The van der Waals surface area contributed by atoms with E-state index in [9.17, 15) is 13.2 Å². The Morgan fingerprint density at radius 1 is 0.893 bits per heavy atom. The summed E-state index contributed by atoms with van der Waals surface area (Å²) in [5, 5.41) is 0. The zero-order valence-corrected chi connectivity index (χ0v) is 15.5. The summed E-state index contributed by atoms with van der Waals surface area (Å²) in [6.07, 6.45) is 0.624. The van der Waals surface area contributed by atoms with Crippen LogP contribution in [-0.2, 0) is 19.1 Å². The molecule has 0 unspecified atom stereocenters. The number of nitrogens with zero attached hydrogens (tertiary/aromatic N) is 3. The first kappa shape index (κ1) is 17.7. The van der Waals surface area contributed by atoms with Crippen LogP contribution in [0.25, 0.3) is 22.2 Å². The number of benzene rings is 2. The maximum absolute atomic E-state index is 12.8. The zero-order valence-electron chi connectivity index (χ0n) is 15.5. The SMILES string of the molecule is FC(F)(F)c1ccc(-c2ccc3c(c2)nc2n3CCN(C3CCC3)CC2)cc1. The van der Waals surface area contributed by atoms with Crippen LogP contribution in [0.3, 0.4) is 0 Å². The summed E-state index contributed by atoms with van der Waals surface area (Å²) in [6, 6.07) is 12.1. The van der Waals surface area contributed by atoms with Crippen LogP contribution in [0.15, 0.2) is 42.5 Å². The summed E-state index contributed by atoms with van der Waals surface area (Å²) in [6.45, 7) is 3.06. The first-order chi connectivity index (χ1) is 13.5. The van der Waals surface area contributed by atoms with Crippen LogP contribution in [-0.4, -0.2) is 33.6 Å². The van der Waals surface area contributed by atoms with Crippen LogP contribution >= 0.6 is 0 Å². The second-order valence-electron chi connectivity index (χ2n) is 7.83. The van der Waals surface area contributed by atoms with Gasteiger partial charge in [-0.05, 0) is 48.2 Å². The first-order valence-electron chi connectivity index (χ1n) is 9.90. The Morgan fingerprint density at radius 3 is 2.32 bits per heavy atom. The van der Waals surface area contributed by atoms with Gasteiger partial charge < -0.3 is 4.57 Å². The molecule has 0 N–H and O–H groups in total. The van der Waals surface area contributed by atoms with Gasteiger partial charge in [0.15, 0.2) is 0 Å². The van der Waals surface area contributed by atoms with Crippen molar-refractivity contribution in [1.29, 1.82) is 0 Å². The fourth-order valence-corrected chi connectivity index (χ4v) is 4.35. The number of alkyl halides is 3. The highest BCUT2D eigenvalue weighted by atomic mass is 19.4. The first-order valence-corrected chi connectivity index (χ1v) is 9.90. The Bertz CT molecular complexity index is 1000. The summed E-state index contributed by atoms with van der Waals surface area (Å²) in [7, 11) is 0. The summed E-state index contributed by atoms with van der Waals surface area (Å²) >= 11 is 0. The molecule has 2 heterocycles. The predicted octanol–water partition coefficient (Wildman–Crippen LogP) is 5.13. The highest BCUT2D eigenvalue weighted by Crippen LogP contribution is 2.32. The van der Waals surface area contributed by atoms with Gasteiger partial charge in [-0.25, -0.2) is 4.98 Å². The van der Waals surface area contributed by atoms with Crippen LogP contribution in [0.4, 0.5) is 13.2 Å². The maximum Gasteiger partial charge on any atom is 0.416 e. The lowest BCUT2D eigenvalue weighted by molar-refractivity contribution is -0.137. The Labute approximate surface area is 161 Å². The molecule has 3 nitrogen and oxygen atoms in total. The van der Waals surface area contributed by atoms with E-state index in [4.69, 9.17) is 4.98 Å². The van der Waals surface area contributed by atoms with Crippen molar-refractivity contribution in [3.05, 3.63) is 53.9 Å². The van der Waals surface area contributed by atoms with Gasteiger partial charge in [0.05, 0.1) is 16.6 Å². The molecule has 146 valence electrons. The van der Waals surface area contributed by atoms with Gasteiger partial charge in [0.1, 0.15) is 5.82 Å². The van der Waals surface area contributed by atoms with Crippen molar-refractivity contribution in [2.45, 2.75) is 44.4 Å². The Hall–Kier alpha value is -2.34. The minimum Gasteiger partial charge on any atom is -0.327 e. The van der Waals surface area contributed by atoms with E-state index in [2.05, 4.69) is 15.5 Å². The quantitative estimate of drug-likeness (QED) is 0.610. The molecular weight excluding hydrogens is 363 g/mol. The molecule has 3 aromatic rings. The van der Waals surface area contributed by atoms with Gasteiger partial charge >= 0.3 is 6.18 Å². The lowest BCUT2D eigenvalue weighted by atomic mass is 9.91. The molecule has 0 bridgehead atoms. The number of rotatable bonds is 2. The van der Waals surface area contributed by atoms with E-state index in [1.54, 1.807) is 0 Å². The van der Waals surface area contributed by atoms with Crippen LogP contribution in [0.5, 0.6) is 0 Å². The van der Waals surface area contributed by atoms with E-state index < -0.39 is 11.7 Å². The second kappa shape index (κ2) is 6.62. The van der Waals surface area contributed by atoms with Crippen molar-refractivity contribution in [3.63, 3.8) is 0 Å². The average Bonchev–Trinajstić information content (AvgIpc) is 2.86. The fraction of sp³-hybridized carbons (Fsp3) is 0.409. The van der Waals surface area contributed by atoms with Gasteiger partial charge in [-0.1, -0.05) is 24.6 Å². The van der Waals surface area contributed by atoms with E-state index in [0.717, 1.165) is 72.2 Å². The molecule has 2 aliphatic rings. The molecule has 1 aromatic heterocycles. The van der Waals surface area contributed by atoms with Gasteiger partial charge in [0.2, 0.25) is 0 Å². The third-order valence-corrected chi connectivity index (χ3v) is 6.20. The minimum atomic E-state index is -4.31. The van der Waals surface area contributed by atoms with Crippen molar-refractivity contribution < 1.29 is 13.2 Å². The van der Waals surface area contributed by atoms with Crippen LogP contribution in [0.1, 0.15) is 30.7 Å². The number of fused-ring (bicyclic) bond motifs is 3. The highest BCUT2D eigenvalue weighted by molar-refractivity contribution is 5.82. The number of imidazole rings is 1. The molecule has 0 radical (unpaired) electrons. The van der Waals surface area contributed by atoms with Gasteiger partial charge in [-0.2, -0.15) is 13.2 Å². The molecule has 1 saturated carbocycles. The molecule has 0 saturated heterocycles. The van der Waals surface area contributed by atoms with E-state index in [1.165, 1.54) is 31.4 Å². The summed E-state index contributed by atoms with van der Waals surface area (Å²) < 4.78 is 40.7. The molecule has 0 spiro atoms. The predicted molar refractivity (Wildman–Crippen MR) is 103 cm³/mol. The molecule has 6 heteroatoms. The van der Waals surface area contributed by atoms with Gasteiger partial charge in [0, 0.05) is 32.1 Å². The van der Waals surface area contributed by atoms with E-state index in [1.807, 2.05) is 12.1 Å². The zero-order chi connectivity index (χ0) is 19.3. The van der Waals surface area contributed by atoms with E-state index in [0.29, 0.717) is 0 Å². The topological polar surface area (TPSA) is 21.1 Å². The maximum atomic E-state index is 12.8. The van der Waals surface area contributed by atoms with E-state index in [-0.39, 0.29) is 0 Å². The van der Waals surface area contributed by atoms with Gasteiger partial charge in [-0.3, -0.25) is 4.90 Å². The molecule has 5 rings (SSSR count). The third kappa shape index (κ3) is 3.09. The summed E-state index contributed by atoms with van der Waals surface area (Å²) in [5.74, 6) is 1.11. The standard InChI is InChI=1S/C22H22F3N3/c23-22(24,25)17-7-4-15(5-8-17)16-6-9-20-19(14-16)26-21-10-11-27(12-13-28(20)21)18-2-1-3-18/h4-9,14,18H,1-3,10-13H2. The number of aromatic nitrogens is 2. The Morgan fingerprint density at radius 2 is 1.64 bits per heavy atom. The monoisotopic (exact) mass is 385 g/mol. The van der Waals surface area contributed by atoms with Crippen LogP contribution < -0.4 is 0 Å². The molecule has 0 amide bonds. The smallest absolute Gasteiger partial charge is 0.327 e. The lowest BCUT2D eigenvalue weighted by Gasteiger charge is -2.36. The molecule has 2 aromatic carbocycles. The molecule has 1 fully saturated rings. The van der Waals surface area contributed by atoms with Crippen molar-refractivity contribution in [1.82, 2.24) is 14.5 Å². The third-order valence-electron chi connectivity index (χ3n) is 6.20. The Balaban J connectivity index is 1.42. The minimum absolute atomic E-state index is 0.623. The highest BCUT2D eigenvalue weighted by Gasteiger charge is 2.30. The van der Waals surface area contributed by atoms with Crippen molar-refractivity contribution >= 4 is 11.0 Å². The van der Waals surface area contributed by atoms with E-state index >= 15 is 0 Å². The van der Waals surface area contributed by atoms with Crippen molar-refractivity contribution in [2.24, 2.45) is 0 Å². The molecule has 1 aliphatic heterocycles.